The van der Waals surface area contributed by atoms with Crippen molar-refractivity contribution in [1.82, 2.24) is 4.98 Å². The van der Waals surface area contributed by atoms with Crippen molar-refractivity contribution in [2.45, 2.75) is 64.7 Å². The molecule has 1 aliphatic rings. The number of aromatic nitrogens is 1. The van der Waals surface area contributed by atoms with E-state index in [-0.39, 0.29) is 10.8 Å². The fraction of sp³-hybridized carbons (Fsp3) is 0.423. The number of para-hydroxylation sites is 1. The summed E-state index contributed by atoms with van der Waals surface area (Å²) in [5.41, 5.74) is 8.25. The fourth-order valence-electron chi connectivity index (χ4n) is 4.64. The second-order valence-electron chi connectivity index (χ2n) is 9.85. The third kappa shape index (κ3) is 3.41. The first kappa shape index (κ1) is 19.0. The smallest absolute Gasteiger partial charge is 0.0742 e. The maximum absolute atomic E-state index is 4.77. The van der Waals surface area contributed by atoms with Gasteiger partial charge >= 0.3 is 0 Å². The molecule has 0 saturated carbocycles. The highest BCUT2D eigenvalue weighted by Crippen LogP contribution is 2.39. The quantitative estimate of drug-likeness (QED) is 0.574. The summed E-state index contributed by atoms with van der Waals surface area (Å²) in [6, 6.07) is 15.7. The fourth-order valence-corrected chi connectivity index (χ4v) is 4.64. The van der Waals surface area contributed by atoms with Gasteiger partial charge in [-0.15, -0.1) is 0 Å². The molecule has 0 fully saturated rings. The number of anilines is 1. The Bertz CT molecular complexity index is 1010. The van der Waals surface area contributed by atoms with E-state index < -0.39 is 0 Å². The van der Waals surface area contributed by atoms with Crippen molar-refractivity contribution in [1.29, 1.82) is 0 Å². The molecular formula is C26H32N2. The van der Waals surface area contributed by atoms with Gasteiger partial charge < -0.3 is 5.32 Å². The minimum Gasteiger partial charge on any atom is -0.385 e. The molecule has 146 valence electrons. The van der Waals surface area contributed by atoms with Crippen molar-refractivity contribution in [3.8, 4) is 0 Å². The zero-order valence-electron chi connectivity index (χ0n) is 17.9. The van der Waals surface area contributed by atoms with Crippen LogP contribution in [-0.2, 0) is 23.7 Å². The van der Waals surface area contributed by atoms with Crippen molar-refractivity contribution in [2.24, 2.45) is 0 Å². The largest absolute Gasteiger partial charge is 0.385 e. The van der Waals surface area contributed by atoms with E-state index >= 15 is 0 Å². The van der Waals surface area contributed by atoms with Crippen molar-refractivity contribution >= 4 is 16.6 Å². The zero-order valence-corrected chi connectivity index (χ0v) is 17.9. The van der Waals surface area contributed by atoms with Gasteiger partial charge in [0, 0.05) is 23.8 Å². The molecule has 0 unspecified atom stereocenters. The van der Waals surface area contributed by atoms with Gasteiger partial charge in [-0.05, 0) is 58.4 Å². The molecule has 4 rings (SSSR count). The van der Waals surface area contributed by atoms with Gasteiger partial charge in [0.1, 0.15) is 0 Å². The molecule has 28 heavy (non-hydrogen) atoms. The van der Waals surface area contributed by atoms with Crippen LogP contribution in [-0.4, -0.2) is 11.5 Å². The number of rotatable bonds is 3. The van der Waals surface area contributed by atoms with Gasteiger partial charge in [0.15, 0.2) is 0 Å². The maximum atomic E-state index is 4.77. The second-order valence-corrected chi connectivity index (χ2v) is 9.85. The van der Waals surface area contributed by atoms with Crippen molar-refractivity contribution < 1.29 is 0 Å². The van der Waals surface area contributed by atoms with Gasteiger partial charge in [0.05, 0.1) is 5.52 Å². The van der Waals surface area contributed by atoms with Gasteiger partial charge in [0.25, 0.3) is 0 Å². The summed E-state index contributed by atoms with van der Waals surface area (Å²) in [7, 11) is 0. The van der Waals surface area contributed by atoms with Crippen LogP contribution in [0.5, 0.6) is 0 Å². The van der Waals surface area contributed by atoms with Crippen LogP contribution in [0.2, 0.25) is 0 Å². The average Bonchev–Trinajstić information content (AvgIpc) is 2.66. The molecule has 0 saturated heterocycles. The van der Waals surface area contributed by atoms with E-state index in [1.807, 2.05) is 6.20 Å². The summed E-state index contributed by atoms with van der Waals surface area (Å²) in [6.07, 6.45) is 5.32. The summed E-state index contributed by atoms with van der Waals surface area (Å²) in [6.45, 7) is 12.6. The second kappa shape index (κ2) is 6.92. The minimum atomic E-state index is 0.0434. The summed E-state index contributed by atoms with van der Waals surface area (Å²) in [5.74, 6) is 0. The van der Waals surface area contributed by atoms with E-state index in [4.69, 9.17) is 4.98 Å². The SMILES string of the molecule is CC(C)(C)c1ccc(CC(C)(C)c2cccc3c2NCCC3)c2cccnc12. The third-order valence-electron chi connectivity index (χ3n) is 6.10. The zero-order chi connectivity index (χ0) is 19.9. The van der Waals surface area contributed by atoms with Crippen LogP contribution in [0.25, 0.3) is 10.9 Å². The van der Waals surface area contributed by atoms with Gasteiger partial charge in [-0.3, -0.25) is 4.98 Å². The molecule has 0 spiro atoms. The predicted octanol–water partition coefficient (Wildman–Crippen LogP) is 6.41. The highest BCUT2D eigenvalue weighted by atomic mass is 14.9. The van der Waals surface area contributed by atoms with Crippen LogP contribution < -0.4 is 5.32 Å². The normalized spacial score (nSPS) is 14.6. The van der Waals surface area contributed by atoms with Crippen LogP contribution in [0.1, 0.15) is 63.3 Å². The van der Waals surface area contributed by atoms with E-state index in [1.165, 1.54) is 46.2 Å². The van der Waals surface area contributed by atoms with E-state index in [0.29, 0.717) is 0 Å². The van der Waals surface area contributed by atoms with Crippen molar-refractivity contribution in [3.05, 3.63) is 70.9 Å². The van der Waals surface area contributed by atoms with Crippen LogP contribution in [0.3, 0.4) is 0 Å². The molecule has 1 N–H and O–H groups in total. The Morgan fingerprint density at radius 1 is 0.929 bits per heavy atom. The third-order valence-corrected chi connectivity index (χ3v) is 6.10. The molecule has 0 bridgehead atoms. The summed E-state index contributed by atoms with van der Waals surface area (Å²) in [4.78, 5) is 4.77. The number of fused-ring (bicyclic) bond motifs is 2. The van der Waals surface area contributed by atoms with Gasteiger partial charge in [-0.2, -0.15) is 0 Å². The van der Waals surface area contributed by atoms with Crippen molar-refractivity contribution in [3.63, 3.8) is 0 Å². The standard InChI is InChI=1S/C26H32N2/c1-25(2,3)21-14-13-19(20-11-8-16-28-24(20)21)17-26(4,5)22-12-6-9-18-10-7-15-27-23(18)22/h6,8-9,11-14,16,27H,7,10,15,17H2,1-5H3. The first-order chi connectivity index (χ1) is 13.3. The summed E-state index contributed by atoms with van der Waals surface area (Å²) in [5, 5.41) is 4.97. The lowest BCUT2D eigenvalue weighted by Crippen LogP contribution is -2.25. The van der Waals surface area contributed by atoms with Crippen molar-refractivity contribution in [2.75, 3.05) is 11.9 Å². The molecule has 2 nitrogen and oxygen atoms in total. The monoisotopic (exact) mass is 372 g/mol. The molecule has 1 aliphatic heterocycles. The van der Waals surface area contributed by atoms with Crippen LogP contribution in [0.4, 0.5) is 5.69 Å². The molecule has 1 aromatic heterocycles. The molecule has 0 amide bonds. The number of benzene rings is 2. The Balaban J connectivity index is 1.78. The molecule has 2 heteroatoms. The summed E-state index contributed by atoms with van der Waals surface area (Å²) < 4.78 is 0. The minimum absolute atomic E-state index is 0.0434. The maximum Gasteiger partial charge on any atom is 0.0742 e. The predicted molar refractivity (Wildman–Crippen MR) is 120 cm³/mol. The molecular weight excluding hydrogens is 340 g/mol. The summed E-state index contributed by atoms with van der Waals surface area (Å²) >= 11 is 0. The first-order valence-corrected chi connectivity index (χ1v) is 10.5. The number of pyridine rings is 1. The molecule has 3 aromatic rings. The van der Waals surface area contributed by atoms with E-state index in [2.05, 4.69) is 82.4 Å². The van der Waals surface area contributed by atoms with Crippen LogP contribution in [0.15, 0.2) is 48.7 Å². The molecule has 2 heterocycles. The average molecular weight is 373 g/mol. The highest BCUT2D eigenvalue weighted by molar-refractivity contribution is 5.86. The Kier molecular flexibility index (Phi) is 4.69. The first-order valence-electron chi connectivity index (χ1n) is 10.5. The number of nitrogens with one attached hydrogen (secondary N) is 1. The molecule has 0 radical (unpaired) electrons. The van der Waals surface area contributed by atoms with Crippen LogP contribution >= 0.6 is 0 Å². The number of hydrogen-bond acceptors (Lipinski definition) is 2. The lowest BCUT2D eigenvalue weighted by atomic mass is 9.75. The molecule has 2 aromatic carbocycles. The number of hydrogen-bond donors (Lipinski definition) is 1. The Labute approximate surface area is 169 Å². The Morgan fingerprint density at radius 2 is 1.75 bits per heavy atom. The lowest BCUT2D eigenvalue weighted by Gasteiger charge is -2.32. The number of nitrogens with zero attached hydrogens (tertiary/aromatic N) is 1. The van der Waals surface area contributed by atoms with Crippen LogP contribution in [0, 0.1) is 0 Å². The molecule has 0 aliphatic carbocycles. The van der Waals surface area contributed by atoms with Gasteiger partial charge in [-0.1, -0.05) is 71.0 Å². The van der Waals surface area contributed by atoms with Gasteiger partial charge in [0.2, 0.25) is 0 Å². The molecule has 0 atom stereocenters. The number of aryl methyl sites for hydroxylation is 1. The highest BCUT2D eigenvalue weighted by Gasteiger charge is 2.28. The topological polar surface area (TPSA) is 24.9 Å². The van der Waals surface area contributed by atoms with E-state index in [1.54, 1.807) is 0 Å². The van der Waals surface area contributed by atoms with E-state index in [9.17, 15) is 0 Å². The Hall–Kier alpha value is -2.35. The van der Waals surface area contributed by atoms with E-state index in [0.717, 1.165) is 18.5 Å². The Morgan fingerprint density at radius 3 is 2.54 bits per heavy atom. The van der Waals surface area contributed by atoms with Gasteiger partial charge in [-0.25, -0.2) is 0 Å². The lowest BCUT2D eigenvalue weighted by molar-refractivity contribution is 0.523.